The summed E-state index contributed by atoms with van der Waals surface area (Å²) in [6.07, 6.45) is 3.44. The third-order valence-corrected chi connectivity index (χ3v) is 3.69. The average molecular weight is 295 g/mol. The van der Waals surface area contributed by atoms with Crippen LogP contribution in [0.3, 0.4) is 0 Å². The summed E-state index contributed by atoms with van der Waals surface area (Å²) >= 11 is 0. The molecule has 0 radical (unpaired) electrons. The second-order valence-electron chi connectivity index (χ2n) is 5.06. The molecule has 5 heteroatoms. The third-order valence-electron chi connectivity index (χ3n) is 3.69. The predicted octanol–water partition coefficient (Wildman–Crippen LogP) is 2.88. The van der Waals surface area contributed by atoms with Crippen LogP contribution in [0, 0.1) is 0 Å². The van der Waals surface area contributed by atoms with Gasteiger partial charge in [-0.2, -0.15) is 0 Å². The Morgan fingerprint density at radius 2 is 1.95 bits per heavy atom. The minimum Gasteiger partial charge on any atom is -0.496 e. The predicted molar refractivity (Wildman–Crippen MR) is 84.2 cm³/mol. The lowest BCUT2D eigenvalue weighted by Crippen LogP contribution is -2.42. The number of carbonyl (C=O) groups excluding carboxylic acids is 1. The number of hydrogen-bond donors (Lipinski definition) is 2. The van der Waals surface area contributed by atoms with Gasteiger partial charge in [0.25, 0.3) is 0 Å². The molecule has 0 aliphatic carbocycles. The molecule has 1 aromatic carbocycles. The normalized spacial score (nSPS) is 17.7. The van der Waals surface area contributed by atoms with Gasteiger partial charge in [-0.25, -0.2) is 4.79 Å². The van der Waals surface area contributed by atoms with Crippen LogP contribution >= 0.6 is 0 Å². The molecular weight excluding hydrogens is 278 g/mol. The second kappa shape index (κ2) is 5.89. The van der Waals surface area contributed by atoms with E-state index in [0.29, 0.717) is 0 Å². The molecule has 1 atom stereocenters. The fourth-order valence-electron chi connectivity index (χ4n) is 2.71. The smallest absolute Gasteiger partial charge is 0.319 e. The summed E-state index contributed by atoms with van der Waals surface area (Å²) in [4.78, 5) is 16.1. The van der Waals surface area contributed by atoms with E-state index in [2.05, 4.69) is 15.6 Å². The summed E-state index contributed by atoms with van der Waals surface area (Å²) < 4.78 is 5.44. The number of allylic oxidation sites excluding steroid dienone is 1. The average Bonchev–Trinajstić information content (AvgIpc) is 2.55. The highest BCUT2D eigenvalue weighted by atomic mass is 16.5. The molecule has 1 aliphatic heterocycles. The summed E-state index contributed by atoms with van der Waals surface area (Å²) in [6.45, 7) is 1.89. The number of aromatic nitrogens is 1. The van der Waals surface area contributed by atoms with Gasteiger partial charge in [-0.3, -0.25) is 4.98 Å². The van der Waals surface area contributed by atoms with Gasteiger partial charge in [-0.1, -0.05) is 30.3 Å². The van der Waals surface area contributed by atoms with Crippen molar-refractivity contribution in [1.29, 1.82) is 0 Å². The summed E-state index contributed by atoms with van der Waals surface area (Å²) in [6, 6.07) is 11.2. The van der Waals surface area contributed by atoms with Crippen LogP contribution in [-0.4, -0.2) is 18.1 Å². The van der Waals surface area contributed by atoms with E-state index >= 15 is 0 Å². The zero-order valence-electron chi connectivity index (χ0n) is 12.5. The molecule has 0 saturated carbocycles. The van der Waals surface area contributed by atoms with Crippen LogP contribution in [0.2, 0.25) is 0 Å². The number of rotatable bonds is 3. The van der Waals surface area contributed by atoms with Crippen LogP contribution < -0.4 is 15.4 Å². The van der Waals surface area contributed by atoms with Crippen LogP contribution in [0.25, 0.3) is 5.57 Å². The Balaban J connectivity index is 2.16. The molecule has 0 fully saturated rings. The monoisotopic (exact) mass is 295 g/mol. The number of carbonyl (C=O) groups is 1. The van der Waals surface area contributed by atoms with E-state index < -0.39 is 0 Å². The molecule has 5 nitrogen and oxygen atoms in total. The lowest BCUT2D eigenvalue weighted by atomic mass is 9.90. The maximum absolute atomic E-state index is 11.9. The number of methoxy groups -OCH3 is 1. The number of nitrogens with one attached hydrogen (secondary N) is 2. The Morgan fingerprint density at radius 3 is 2.68 bits per heavy atom. The fourth-order valence-corrected chi connectivity index (χ4v) is 2.71. The molecule has 0 spiro atoms. The maximum atomic E-state index is 11.9. The van der Waals surface area contributed by atoms with Gasteiger partial charge in [0.05, 0.1) is 13.2 Å². The first-order valence-corrected chi connectivity index (χ1v) is 7.02. The largest absolute Gasteiger partial charge is 0.496 e. The first-order valence-electron chi connectivity index (χ1n) is 7.02. The number of ether oxygens (including phenoxy) is 1. The number of nitrogens with zero attached hydrogens (tertiary/aromatic N) is 1. The van der Waals surface area contributed by atoms with Gasteiger partial charge in [0.15, 0.2) is 0 Å². The molecule has 2 heterocycles. The van der Waals surface area contributed by atoms with Crippen LogP contribution in [-0.2, 0) is 0 Å². The zero-order valence-corrected chi connectivity index (χ0v) is 12.5. The molecule has 1 unspecified atom stereocenters. The minimum absolute atomic E-state index is 0.210. The van der Waals surface area contributed by atoms with Crippen LogP contribution in [0.15, 0.2) is 54.5 Å². The molecule has 3 rings (SSSR count). The van der Waals surface area contributed by atoms with Crippen LogP contribution in [0.4, 0.5) is 4.79 Å². The molecule has 0 saturated heterocycles. The molecular formula is C17H17N3O2. The Kier molecular flexibility index (Phi) is 3.78. The molecule has 2 N–H and O–H groups in total. The number of pyridine rings is 1. The number of hydrogen-bond acceptors (Lipinski definition) is 3. The van der Waals surface area contributed by atoms with Gasteiger partial charge in [0.2, 0.25) is 0 Å². The van der Waals surface area contributed by atoms with Crippen molar-refractivity contribution >= 4 is 11.6 Å². The third kappa shape index (κ3) is 2.53. The Bertz CT molecular complexity index is 726. The lowest BCUT2D eigenvalue weighted by molar-refractivity contribution is 0.240. The van der Waals surface area contributed by atoms with Crippen molar-refractivity contribution in [3.05, 3.63) is 65.6 Å². The highest BCUT2D eigenvalue weighted by Crippen LogP contribution is 2.37. The molecule has 112 valence electrons. The van der Waals surface area contributed by atoms with E-state index in [0.717, 1.165) is 28.1 Å². The standard InChI is InChI=1S/C17H17N3O2/c1-11-15(13-10-18-9-8-14(13)22-2)16(20-17(21)19-11)12-6-4-3-5-7-12/h3-10,16H,1-2H3,(H2,19,20,21). The highest BCUT2D eigenvalue weighted by Gasteiger charge is 2.29. The van der Waals surface area contributed by atoms with Crippen LogP contribution in [0.5, 0.6) is 5.75 Å². The van der Waals surface area contributed by atoms with E-state index in [9.17, 15) is 4.79 Å². The van der Waals surface area contributed by atoms with E-state index in [4.69, 9.17) is 4.74 Å². The number of amides is 2. The van der Waals surface area contributed by atoms with Gasteiger partial charge in [-0.15, -0.1) is 0 Å². The molecule has 22 heavy (non-hydrogen) atoms. The van der Waals surface area contributed by atoms with E-state index in [1.807, 2.05) is 43.3 Å². The first-order chi connectivity index (χ1) is 10.7. The maximum Gasteiger partial charge on any atom is 0.319 e. The number of urea groups is 1. The van der Waals surface area contributed by atoms with Gasteiger partial charge in [0.1, 0.15) is 5.75 Å². The summed E-state index contributed by atoms with van der Waals surface area (Å²) in [5.41, 5.74) is 3.63. The molecule has 1 aromatic heterocycles. The summed E-state index contributed by atoms with van der Waals surface area (Å²) in [7, 11) is 1.63. The summed E-state index contributed by atoms with van der Waals surface area (Å²) in [5, 5.41) is 5.80. The van der Waals surface area contributed by atoms with Crippen LogP contribution in [0.1, 0.15) is 24.1 Å². The van der Waals surface area contributed by atoms with Crippen molar-refractivity contribution in [1.82, 2.24) is 15.6 Å². The summed E-state index contributed by atoms with van der Waals surface area (Å²) in [5.74, 6) is 0.725. The Morgan fingerprint density at radius 1 is 1.18 bits per heavy atom. The molecule has 2 amide bonds. The Hall–Kier alpha value is -2.82. The Labute approximate surface area is 129 Å². The van der Waals surface area contributed by atoms with E-state index in [1.54, 1.807) is 19.5 Å². The SMILES string of the molecule is COc1ccncc1C1=C(C)NC(=O)NC1c1ccccc1. The topological polar surface area (TPSA) is 63.2 Å². The van der Waals surface area contributed by atoms with Crippen molar-refractivity contribution in [2.24, 2.45) is 0 Å². The van der Waals surface area contributed by atoms with Gasteiger partial charge >= 0.3 is 6.03 Å². The van der Waals surface area contributed by atoms with Crippen molar-refractivity contribution in [3.8, 4) is 5.75 Å². The molecule has 0 bridgehead atoms. The van der Waals surface area contributed by atoms with Crippen molar-refractivity contribution in [3.63, 3.8) is 0 Å². The fraction of sp³-hybridized carbons (Fsp3) is 0.176. The quantitative estimate of drug-likeness (QED) is 0.915. The van der Waals surface area contributed by atoms with Gasteiger partial charge < -0.3 is 15.4 Å². The van der Waals surface area contributed by atoms with Gasteiger partial charge in [0, 0.05) is 29.2 Å². The van der Waals surface area contributed by atoms with E-state index in [-0.39, 0.29) is 12.1 Å². The van der Waals surface area contributed by atoms with Gasteiger partial charge in [-0.05, 0) is 18.6 Å². The van der Waals surface area contributed by atoms with Crippen molar-refractivity contribution < 1.29 is 9.53 Å². The highest BCUT2D eigenvalue weighted by molar-refractivity contribution is 5.89. The van der Waals surface area contributed by atoms with Crippen molar-refractivity contribution in [2.45, 2.75) is 13.0 Å². The molecule has 1 aliphatic rings. The lowest BCUT2D eigenvalue weighted by Gasteiger charge is -2.30. The van der Waals surface area contributed by atoms with Crippen molar-refractivity contribution in [2.75, 3.05) is 7.11 Å². The minimum atomic E-state index is -0.243. The zero-order chi connectivity index (χ0) is 15.5. The second-order valence-corrected chi connectivity index (χ2v) is 5.06. The van der Waals surface area contributed by atoms with E-state index in [1.165, 1.54) is 0 Å². The number of benzene rings is 1. The first kappa shape index (κ1) is 14.1. The molecule has 2 aromatic rings.